The standard InChI is InChI=1S/C19H25F2N3O2/c1-5-24(6-2)18-13(17(25-3)8-7-16(18)22)11-23-12-9-14(20)19(26-4)15(21)10-12/h7-10,23H,5-6,11,22H2,1-4H3. The summed E-state index contributed by atoms with van der Waals surface area (Å²) in [5, 5.41) is 3.04. The molecular formula is C19H25F2N3O2. The maximum atomic E-state index is 13.9. The maximum absolute atomic E-state index is 13.9. The number of benzene rings is 2. The van der Waals surface area contributed by atoms with E-state index in [0.29, 0.717) is 23.7 Å². The number of anilines is 3. The van der Waals surface area contributed by atoms with Crippen LogP contribution >= 0.6 is 0 Å². The van der Waals surface area contributed by atoms with Gasteiger partial charge in [0, 0.05) is 43.0 Å². The molecule has 0 radical (unpaired) electrons. The Morgan fingerprint density at radius 1 is 1.04 bits per heavy atom. The quantitative estimate of drug-likeness (QED) is 0.692. The molecule has 0 bridgehead atoms. The van der Waals surface area contributed by atoms with Crippen molar-refractivity contribution < 1.29 is 18.3 Å². The van der Waals surface area contributed by atoms with Gasteiger partial charge in [-0.3, -0.25) is 0 Å². The van der Waals surface area contributed by atoms with Crippen LogP contribution in [-0.2, 0) is 6.54 Å². The fourth-order valence-corrected chi connectivity index (χ4v) is 2.96. The van der Waals surface area contributed by atoms with Gasteiger partial charge in [-0.05, 0) is 26.0 Å². The van der Waals surface area contributed by atoms with Crippen LogP contribution in [-0.4, -0.2) is 27.3 Å². The van der Waals surface area contributed by atoms with Crippen LogP contribution < -0.4 is 25.4 Å². The van der Waals surface area contributed by atoms with E-state index in [0.717, 1.165) is 24.3 Å². The summed E-state index contributed by atoms with van der Waals surface area (Å²) < 4.78 is 38.0. The lowest BCUT2D eigenvalue weighted by atomic mass is 10.1. The Morgan fingerprint density at radius 2 is 1.65 bits per heavy atom. The second-order valence-electron chi connectivity index (χ2n) is 5.68. The van der Waals surface area contributed by atoms with E-state index in [4.69, 9.17) is 15.2 Å². The Morgan fingerprint density at radius 3 is 2.15 bits per heavy atom. The molecule has 0 saturated carbocycles. The molecule has 0 atom stereocenters. The number of nitrogens with zero attached hydrogens (tertiary/aromatic N) is 1. The average molecular weight is 365 g/mol. The number of nitrogen functional groups attached to an aromatic ring is 1. The Labute approximate surface area is 152 Å². The number of nitrogens with two attached hydrogens (primary N) is 1. The van der Waals surface area contributed by atoms with Crippen LogP contribution in [0.1, 0.15) is 19.4 Å². The molecule has 0 spiro atoms. The fourth-order valence-electron chi connectivity index (χ4n) is 2.96. The molecule has 2 rings (SSSR count). The molecule has 0 aliphatic carbocycles. The zero-order chi connectivity index (χ0) is 19.3. The number of halogens is 2. The predicted octanol–water partition coefficient (Wildman–Crippen LogP) is 4.02. The monoisotopic (exact) mass is 365 g/mol. The van der Waals surface area contributed by atoms with Crippen LogP contribution in [0, 0.1) is 11.6 Å². The van der Waals surface area contributed by atoms with Gasteiger partial charge in [0.05, 0.1) is 25.6 Å². The number of nitrogens with one attached hydrogen (secondary N) is 1. The molecule has 0 aliphatic heterocycles. The first-order chi connectivity index (χ1) is 12.5. The summed E-state index contributed by atoms with van der Waals surface area (Å²) in [7, 11) is 2.80. The SMILES string of the molecule is CCN(CC)c1c(N)ccc(OC)c1CNc1cc(F)c(OC)c(F)c1. The molecule has 0 aromatic heterocycles. The molecule has 0 unspecified atom stereocenters. The lowest BCUT2D eigenvalue weighted by molar-refractivity contribution is 0.360. The van der Waals surface area contributed by atoms with Gasteiger partial charge >= 0.3 is 0 Å². The van der Waals surface area contributed by atoms with Crippen molar-refractivity contribution in [3.8, 4) is 11.5 Å². The van der Waals surface area contributed by atoms with E-state index >= 15 is 0 Å². The van der Waals surface area contributed by atoms with Crippen molar-refractivity contribution in [3.05, 3.63) is 41.5 Å². The van der Waals surface area contributed by atoms with Gasteiger partial charge in [0.15, 0.2) is 17.4 Å². The minimum Gasteiger partial charge on any atom is -0.496 e. The van der Waals surface area contributed by atoms with Gasteiger partial charge in [0.25, 0.3) is 0 Å². The summed E-state index contributed by atoms with van der Waals surface area (Å²) >= 11 is 0. The highest BCUT2D eigenvalue weighted by atomic mass is 19.1. The molecule has 3 N–H and O–H groups in total. The first-order valence-corrected chi connectivity index (χ1v) is 8.43. The van der Waals surface area contributed by atoms with Gasteiger partial charge in [0.1, 0.15) is 5.75 Å². The van der Waals surface area contributed by atoms with Crippen LogP contribution in [0.15, 0.2) is 24.3 Å². The van der Waals surface area contributed by atoms with Gasteiger partial charge in [-0.25, -0.2) is 8.78 Å². The summed E-state index contributed by atoms with van der Waals surface area (Å²) in [5.41, 5.74) is 8.80. The second-order valence-corrected chi connectivity index (χ2v) is 5.68. The molecule has 2 aromatic rings. The van der Waals surface area contributed by atoms with Crippen molar-refractivity contribution in [2.24, 2.45) is 0 Å². The van der Waals surface area contributed by atoms with Crippen molar-refractivity contribution in [1.82, 2.24) is 0 Å². The van der Waals surface area contributed by atoms with Crippen LogP contribution in [0.5, 0.6) is 11.5 Å². The smallest absolute Gasteiger partial charge is 0.190 e. The molecule has 0 amide bonds. The number of hydrogen-bond donors (Lipinski definition) is 2. The molecular weight excluding hydrogens is 340 g/mol. The van der Waals surface area contributed by atoms with Crippen molar-refractivity contribution in [2.45, 2.75) is 20.4 Å². The first kappa shape index (κ1) is 19.6. The fraction of sp³-hybridized carbons (Fsp3) is 0.368. The van der Waals surface area contributed by atoms with E-state index in [1.165, 1.54) is 19.2 Å². The largest absolute Gasteiger partial charge is 0.496 e. The van der Waals surface area contributed by atoms with Crippen molar-refractivity contribution in [3.63, 3.8) is 0 Å². The molecule has 0 heterocycles. The van der Waals surface area contributed by atoms with Crippen LogP contribution in [0.2, 0.25) is 0 Å². The van der Waals surface area contributed by atoms with Crippen LogP contribution in [0.4, 0.5) is 25.8 Å². The summed E-state index contributed by atoms with van der Waals surface area (Å²) in [5.74, 6) is -1.28. The zero-order valence-corrected chi connectivity index (χ0v) is 15.5. The first-order valence-electron chi connectivity index (χ1n) is 8.43. The Hall–Kier alpha value is -2.70. The van der Waals surface area contributed by atoms with Gasteiger partial charge < -0.3 is 25.4 Å². The van der Waals surface area contributed by atoms with E-state index < -0.39 is 17.4 Å². The summed E-state index contributed by atoms with van der Waals surface area (Å²) in [6.07, 6.45) is 0. The molecule has 142 valence electrons. The maximum Gasteiger partial charge on any atom is 0.190 e. The zero-order valence-electron chi connectivity index (χ0n) is 15.5. The summed E-state index contributed by atoms with van der Waals surface area (Å²) in [6, 6.07) is 5.97. The number of rotatable bonds is 8. The van der Waals surface area contributed by atoms with E-state index in [1.54, 1.807) is 19.2 Å². The highest BCUT2D eigenvalue weighted by Gasteiger charge is 2.18. The molecule has 0 fully saturated rings. The van der Waals surface area contributed by atoms with E-state index in [9.17, 15) is 8.78 Å². The van der Waals surface area contributed by atoms with Gasteiger partial charge in [-0.1, -0.05) is 0 Å². The minimum atomic E-state index is -0.765. The molecule has 0 saturated heterocycles. The highest BCUT2D eigenvalue weighted by molar-refractivity contribution is 5.75. The Bertz CT molecular complexity index is 742. The Balaban J connectivity index is 2.38. The van der Waals surface area contributed by atoms with Crippen molar-refractivity contribution in [1.29, 1.82) is 0 Å². The Kier molecular flexibility index (Phi) is 6.49. The number of ether oxygens (including phenoxy) is 2. The highest BCUT2D eigenvalue weighted by Crippen LogP contribution is 2.36. The van der Waals surface area contributed by atoms with Crippen LogP contribution in [0.25, 0.3) is 0 Å². The number of methoxy groups -OCH3 is 2. The number of hydrogen-bond acceptors (Lipinski definition) is 5. The second kappa shape index (κ2) is 8.60. The van der Waals surface area contributed by atoms with E-state index in [2.05, 4.69) is 10.2 Å². The predicted molar refractivity (Wildman–Crippen MR) is 101 cm³/mol. The topological polar surface area (TPSA) is 59.8 Å². The normalized spacial score (nSPS) is 10.5. The van der Waals surface area contributed by atoms with Crippen molar-refractivity contribution >= 4 is 17.1 Å². The lowest BCUT2D eigenvalue weighted by Crippen LogP contribution is -2.25. The van der Waals surface area contributed by atoms with Gasteiger partial charge in [-0.15, -0.1) is 0 Å². The van der Waals surface area contributed by atoms with E-state index in [1.807, 2.05) is 13.8 Å². The summed E-state index contributed by atoms with van der Waals surface area (Å²) in [4.78, 5) is 2.12. The minimum absolute atomic E-state index is 0.297. The molecule has 7 heteroatoms. The van der Waals surface area contributed by atoms with Gasteiger partial charge in [-0.2, -0.15) is 0 Å². The molecule has 2 aromatic carbocycles. The summed E-state index contributed by atoms with van der Waals surface area (Å²) in [6.45, 7) is 5.91. The van der Waals surface area contributed by atoms with Gasteiger partial charge in [0.2, 0.25) is 0 Å². The molecule has 5 nitrogen and oxygen atoms in total. The lowest BCUT2D eigenvalue weighted by Gasteiger charge is -2.27. The third-order valence-electron chi connectivity index (χ3n) is 4.24. The third kappa shape index (κ3) is 3.92. The molecule has 26 heavy (non-hydrogen) atoms. The van der Waals surface area contributed by atoms with Crippen molar-refractivity contribution in [2.75, 3.05) is 43.3 Å². The third-order valence-corrected chi connectivity index (χ3v) is 4.24. The molecule has 0 aliphatic rings. The average Bonchev–Trinajstić information content (AvgIpc) is 2.62. The van der Waals surface area contributed by atoms with E-state index in [-0.39, 0.29) is 0 Å². The van der Waals surface area contributed by atoms with Crippen LogP contribution in [0.3, 0.4) is 0 Å².